The predicted octanol–water partition coefficient (Wildman–Crippen LogP) is 5.92. The van der Waals surface area contributed by atoms with Gasteiger partial charge in [-0.25, -0.2) is 8.42 Å². The van der Waals surface area contributed by atoms with Crippen molar-refractivity contribution >= 4 is 43.9 Å². The van der Waals surface area contributed by atoms with E-state index in [4.69, 9.17) is 0 Å². The highest BCUT2D eigenvalue weighted by Gasteiger charge is 2.40. The Morgan fingerprint density at radius 3 is 1.67 bits per heavy atom. The van der Waals surface area contributed by atoms with Crippen LogP contribution in [-0.4, -0.2) is 25.3 Å². The van der Waals surface area contributed by atoms with E-state index in [1.807, 2.05) is 126 Å². The van der Waals surface area contributed by atoms with Gasteiger partial charge in [-0.15, -0.1) is 0 Å². The number of nitrogens with zero attached hydrogens (tertiary/aromatic N) is 1. The molecule has 0 fully saturated rings. The molecule has 0 aliphatic carbocycles. The van der Waals surface area contributed by atoms with Crippen molar-refractivity contribution in [3.8, 4) is 0 Å². The molecular weight excluding hydrogens is 485 g/mol. The number of fused-ring (bicyclic) bond motifs is 1. The van der Waals surface area contributed by atoms with E-state index in [-0.39, 0.29) is 16.4 Å². The van der Waals surface area contributed by atoms with Gasteiger partial charge in [0.15, 0.2) is 7.14 Å². The van der Waals surface area contributed by atoms with Crippen LogP contribution in [0.25, 0.3) is 10.8 Å². The van der Waals surface area contributed by atoms with Crippen molar-refractivity contribution in [1.82, 2.24) is 4.31 Å². The van der Waals surface area contributed by atoms with Crippen LogP contribution >= 0.6 is 7.14 Å². The lowest BCUT2D eigenvalue weighted by atomic mass is 9.88. The minimum absolute atomic E-state index is 0.107. The molecule has 0 aliphatic rings. The van der Waals surface area contributed by atoms with E-state index in [1.54, 1.807) is 10.4 Å². The van der Waals surface area contributed by atoms with Gasteiger partial charge in [0.2, 0.25) is 10.0 Å². The maximum atomic E-state index is 15.3. The normalized spacial score (nSPS) is 13.7. The average Bonchev–Trinajstić information content (AvgIpc) is 2.88. The van der Waals surface area contributed by atoms with Gasteiger partial charge < -0.3 is 4.57 Å². The summed E-state index contributed by atoms with van der Waals surface area (Å²) in [6, 6.07) is 29.4. The fourth-order valence-corrected chi connectivity index (χ4v) is 9.96. The van der Waals surface area contributed by atoms with E-state index in [0.717, 1.165) is 10.8 Å². The van der Waals surface area contributed by atoms with Crippen molar-refractivity contribution in [3.63, 3.8) is 0 Å². The molecule has 4 aromatic rings. The van der Waals surface area contributed by atoms with E-state index in [9.17, 15) is 8.42 Å². The van der Waals surface area contributed by atoms with Crippen LogP contribution in [0.3, 0.4) is 0 Å². The summed E-state index contributed by atoms with van der Waals surface area (Å²) >= 11 is 0. The third kappa shape index (κ3) is 4.68. The molecule has 4 aromatic carbocycles. The second kappa shape index (κ2) is 9.97. The molecule has 0 bridgehead atoms. The molecule has 6 heteroatoms. The number of rotatable bonds is 7. The second-order valence-electron chi connectivity index (χ2n) is 10.2. The largest absolute Gasteiger partial charge is 0.309 e. The molecule has 0 spiro atoms. The molecule has 0 aliphatic heterocycles. The van der Waals surface area contributed by atoms with Gasteiger partial charge >= 0.3 is 0 Å². The van der Waals surface area contributed by atoms with E-state index in [1.165, 1.54) is 0 Å². The van der Waals surface area contributed by atoms with E-state index >= 15 is 4.57 Å². The van der Waals surface area contributed by atoms with Crippen LogP contribution in [0.15, 0.2) is 102 Å². The monoisotopic (exact) mass is 519 g/mol. The Balaban J connectivity index is 2.11. The molecule has 4 nitrogen and oxygen atoms in total. The van der Waals surface area contributed by atoms with Crippen LogP contribution in [0.5, 0.6) is 0 Å². The van der Waals surface area contributed by atoms with Crippen molar-refractivity contribution in [2.75, 3.05) is 6.54 Å². The zero-order valence-electron chi connectivity index (χ0n) is 21.5. The maximum Gasteiger partial charge on any atom is 0.244 e. The summed E-state index contributed by atoms with van der Waals surface area (Å²) in [6.07, 6.45) is 0. The fourth-order valence-electron chi connectivity index (χ4n) is 4.57. The molecule has 188 valence electrons. The number of hydrogen-bond donors (Lipinski definition) is 0. The number of hydrogen-bond acceptors (Lipinski definition) is 3. The van der Waals surface area contributed by atoms with Gasteiger partial charge in [0.05, 0.1) is 4.90 Å². The van der Waals surface area contributed by atoms with Crippen LogP contribution in [0, 0.1) is 5.41 Å². The summed E-state index contributed by atoms with van der Waals surface area (Å²) in [7, 11) is -7.54. The smallest absolute Gasteiger partial charge is 0.244 e. The first-order valence-corrected chi connectivity index (χ1v) is 15.4. The highest BCUT2D eigenvalue weighted by Crippen LogP contribution is 2.45. The summed E-state index contributed by atoms with van der Waals surface area (Å²) in [6.45, 7) is 10.2. The Morgan fingerprint density at radius 1 is 0.778 bits per heavy atom. The van der Waals surface area contributed by atoms with Crippen molar-refractivity contribution in [2.24, 2.45) is 5.41 Å². The highest BCUT2D eigenvalue weighted by molar-refractivity contribution is 7.91. The minimum Gasteiger partial charge on any atom is -0.309 e. The van der Waals surface area contributed by atoms with Gasteiger partial charge in [-0.05, 0) is 35.2 Å². The molecular formula is C30H34NO3PS. The van der Waals surface area contributed by atoms with Crippen LogP contribution in [-0.2, 0) is 14.6 Å². The van der Waals surface area contributed by atoms with Crippen molar-refractivity contribution < 1.29 is 13.0 Å². The molecule has 1 atom stereocenters. The van der Waals surface area contributed by atoms with E-state index in [2.05, 4.69) is 0 Å². The first-order valence-electron chi connectivity index (χ1n) is 12.3. The van der Waals surface area contributed by atoms with E-state index < -0.39 is 17.2 Å². The first-order chi connectivity index (χ1) is 17.0. The highest BCUT2D eigenvalue weighted by atomic mass is 32.2. The Hall–Kier alpha value is -2.72. The molecule has 0 amide bonds. The summed E-state index contributed by atoms with van der Waals surface area (Å²) < 4.78 is 45.7. The van der Waals surface area contributed by atoms with Gasteiger partial charge in [0.25, 0.3) is 0 Å². The van der Waals surface area contributed by atoms with Gasteiger partial charge in [-0.2, -0.15) is 4.31 Å². The van der Waals surface area contributed by atoms with Gasteiger partial charge in [-0.1, -0.05) is 113 Å². The Bertz CT molecular complexity index is 1470. The third-order valence-corrected chi connectivity index (χ3v) is 12.3. The van der Waals surface area contributed by atoms with Crippen LogP contribution in [0.4, 0.5) is 0 Å². The minimum atomic E-state index is -3.99. The number of sulfonamides is 1. The van der Waals surface area contributed by atoms with E-state index in [0.29, 0.717) is 22.5 Å². The Labute approximate surface area is 215 Å². The molecule has 0 saturated heterocycles. The molecule has 0 heterocycles. The quantitative estimate of drug-likeness (QED) is 0.285. The lowest BCUT2D eigenvalue weighted by Gasteiger charge is -2.37. The summed E-state index contributed by atoms with van der Waals surface area (Å²) in [5.41, 5.74) is -0.275. The summed E-state index contributed by atoms with van der Waals surface area (Å²) in [4.78, 5) is 0.107. The zero-order valence-corrected chi connectivity index (χ0v) is 23.3. The molecule has 36 heavy (non-hydrogen) atoms. The summed E-state index contributed by atoms with van der Waals surface area (Å²) in [5.74, 6) is 0. The molecule has 0 aromatic heterocycles. The zero-order chi connectivity index (χ0) is 26.1. The molecule has 0 N–H and O–H groups in total. The second-order valence-corrected chi connectivity index (χ2v) is 14.8. The Kier molecular flexibility index (Phi) is 7.30. The topological polar surface area (TPSA) is 54.5 Å². The van der Waals surface area contributed by atoms with Gasteiger partial charge in [0.1, 0.15) is 0 Å². The molecule has 0 saturated carbocycles. The molecule has 0 unspecified atom stereocenters. The molecule has 0 radical (unpaired) electrons. The van der Waals surface area contributed by atoms with Gasteiger partial charge in [0, 0.05) is 28.5 Å². The number of benzene rings is 4. The Morgan fingerprint density at radius 2 is 1.22 bits per heavy atom. The summed E-state index contributed by atoms with van der Waals surface area (Å²) in [5, 5.41) is 3.21. The van der Waals surface area contributed by atoms with Crippen LogP contribution < -0.4 is 15.9 Å². The van der Waals surface area contributed by atoms with Crippen molar-refractivity contribution in [1.29, 1.82) is 0 Å². The lowest BCUT2D eigenvalue weighted by molar-refractivity contribution is 0.198. The van der Waals surface area contributed by atoms with Crippen LogP contribution in [0.2, 0.25) is 0 Å². The first kappa shape index (κ1) is 26.3. The van der Waals surface area contributed by atoms with Gasteiger partial charge in [-0.3, -0.25) is 0 Å². The predicted molar refractivity (Wildman–Crippen MR) is 152 cm³/mol. The van der Waals surface area contributed by atoms with Crippen molar-refractivity contribution in [3.05, 3.63) is 97.1 Å². The standard InChI is InChI=1S/C30H34NO3PS/c1-6-31(23(2)30(3,4)5)36(33,34)29-22-25-16-14-13-15-24(25)21-28(29)35(32,26-17-9-7-10-18-26)27-19-11-8-12-20-27/h7-23H,6H2,1-5H3/t23-/m0/s1. The van der Waals surface area contributed by atoms with Crippen LogP contribution in [0.1, 0.15) is 34.6 Å². The molecule has 4 rings (SSSR count). The third-order valence-electron chi connectivity index (χ3n) is 6.99. The van der Waals surface area contributed by atoms with Crippen molar-refractivity contribution in [2.45, 2.75) is 45.6 Å². The SMILES string of the molecule is CCN([C@@H](C)C(C)(C)C)S(=O)(=O)c1cc2ccccc2cc1P(=O)(c1ccccc1)c1ccccc1. The average molecular weight is 520 g/mol. The lowest BCUT2D eigenvalue weighted by Crippen LogP contribution is -2.46. The fraction of sp³-hybridized carbons (Fsp3) is 0.267. The maximum absolute atomic E-state index is 15.3.